The smallest absolute Gasteiger partial charge is 0.140 e. The third kappa shape index (κ3) is 4.59. The lowest BCUT2D eigenvalue weighted by Gasteiger charge is -2.44. The largest absolute Gasteiger partial charge is 0.299 e. The van der Waals surface area contributed by atoms with Crippen molar-refractivity contribution >= 4 is 34.8 Å². The van der Waals surface area contributed by atoms with Gasteiger partial charge in [-0.15, -0.1) is 23.2 Å². The molecule has 0 spiro atoms. The zero-order chi connectivity index (χ0) is 20.5. The van der Waals surface area contributed by atoms with Crippen LogP contribution in [-0.4, -0.2) is 21.3 Å². The summed E-state index contributed by atoms with van der Waals surface area (Å²) in [6, 6.07) is 0. The minimum atomic E-state index is -0.310. The first-order valence-corrected chi connectivity index (χ1v) is 13.1. The zero-order valence-corrected chi connectivity index (χ0v) is 19.4. The number of Topliss-reactive ketones (excluding diaryl/α,β-unsaturated/α-hetero) is 2. The number of halogens is 2. The van der Waals surface area contributed by atoms with Gasteiger partial charge in [0.15, 0.2) is 0 Å². The van der Waals surface area contributed by atoms with Crippen LogP contribution in [0.4, 0.5) is 0 Å². The van der Waals surface area contributed by atoms with Crippen LogP contribution in [-0.2, 0) is 9.59 Å². The van der Waals surface area contributed by atoms with Gasteiger partial charge in [-0.2, -0.15) is 0 Å². The molecule has 0 radical (unpaired) electrons. The van der Waals surface area contributed by atoms with E-state index in [1.54, 1.807) is 0 Å². The maximum Gasteiger partial charge on any atom is 0.140 e. The summed E-state index contributed by atoms with van der Waals surface area (Å²) in [7, 11) is 0. The highest BCUT2D eigenvalue weighted by atomic mass is 35.5. The first-order chi connectivity index (χ1) is 13.9. The summed E-state index contributed by atoms with van der Waals surface area (Å²) in [5.41, 5.74) is 0. The van der Waals surface area contributed by atoms with Gasteiger partial charge in [-0.3, -0.25) is 9.59 Å². The number of hydrogen-bond donors (Lipinski definition) is 0. The average molecular weight is 441 g/mol. The fourth-order valence-electron chi connectivity index (χ4n) is 7.09. The van der Waals surface area contributed by atoms with Crippen molar-refractivity contribution in [3.05, 3.63) is 0 Å². The van der Waals surface area contributed by atoms with Crippen molar-refractivity contribution in [1.29, 1.82) is 0 Å². The normalized spacial score (nSPS) is 38.0. The van der Waals surface area contributed by atoms with Crippen molar-refractivity contribution in [2.75, 3.05) is 0 Å². The van der Waals surface area contributed by atoms with Gasteiger partial charge in [0, 0.05) is 23.7 Å². The molecule has 0 aromatic heterocycles. The Balaban J connectivity index is 1.42. The average Bonchev–Trinajstić information content (AvgIpc) is 2.72. The van der Waals surface area contributed by atoms with E-state index in [1.165, 1.54) is 12.8 Å². The third-order valence-corrected chi connectivity index (χ3v) is 10.1. The van der Waals surface area contributed by atoms with Gasteiger partial charge in [0.1, 0.15) is 11.6 Å². The predicted octanol–water partition coefficient (Wildman–Crippen LogP) is 7.23. The Morgan fingerprint density at radius 1 is 0.586 bits per heavy atom. The van der Waals surface area contributed by atoms with Gasteiger partial charge >= 0.3 is 0 Å². The molecule has 4 heteroatoms. The Bertz CT molecular complexity index is 552. The van der Waals surface area contributed by atoms with Crippen LogP contribution in [0.5, 0.6) is 0 Å². The van der Waals surface area contributed by atoms with Gasteiger partial charge in [0.2, 0.25) is 0 Å². The highest BCUT2D eigenvalue weighted by Crippen LogP contribution is 2.49. The summed E-state index contributed by atoms with van der Waals surface area (Å²) in [6.07, 6.45) is 17.7. The lowest BCUT2D eigenvalue weighted by molar-refractivity contribution is -0.135. The van der Waals surface area contributed by atoms with Gasteiger partial charge in [0.25, 0.3) is 0 Å². The maximum atomic E-state index is 13.4. The quantitative estimate of drug-likeness (QED) is 0.431. The topological polar surface area (TPSA) is 34.1 Å². The van der Waals surface area contributed by atoms with Crippen LogP contribution in [0.15, 0.2) is 0 Å². The Kier molecular flexibility index (Phi) is 7.01. The minimum absolute atomic E-state index is 0.00965. The monoisotopic (exact) mass is 440 g/mol. The van der Waals surface area contributed by atoms with Crippen LogP contribution in [0, 0.1) is 23.7 Å². The second-order valence-electron chi connectivity index (χ2n) is 10.6. The Morgan fingerprint density at radius 2 is 0.966 bits per heavy atom. The minimum Gasteiger partial charge on any atom is -0.299 e. The van der Waals surface area contributed by atoms with Crippen molar-refractivity contribution in [3.8, 4) is 0 Å². The van der Waals surface area contributed by atoms with E-state index in [9.17, 15) is 9.59 Å². The molecular weight excluding hydrogens is 403 g/mol. The van der Waals surface area contributed by atoms with E-state index >= 15 is 0 Å². The second-order valence-corrected chi connectivity index (χ2v) is 12.1. The van der Waals surface area contributed by atoms with Crippen molar-refractivity contribution in [1.82, 2.24) is 0 Å². The van der Waals surface area contributed by atoms with E-state index < -0.39 is 0 Å². The molecule has 4 rings (SSSR count). The number of alkyl halides is 2. The van der Waals surface area contributed by atoms with Crippen LogP contribution < -0.4 is 0 Å². The lowest BCUT2D eigenvalue weighted by Crippen LogP contribution is -2.46. The van der Waals surface area contributed by atoms with E-state index in [0.717, 1.165) is 96.3 Å². The summed E-state index contributed by atoms with van der Waals surface area (Å²) in [5.74, 6) is 0.849. The number of hydrogen-bond acceptors (Lipinski definition) is 2. The molecule has 4 atom stereocenters. The maximum absolute atomic E-state index is 13.4. The number of ketones is 2. The molecule has 4 aliphatic carbocycles. The number of carbonyl (C=O) groups excluding carboxylic acids is 2. The third-order valence-electron chi connectivity index (χ3n) is 8.77. The Morgan fingerprint density at radius 3 is 1.34 bits per heavy atom. The van der Waals surface area contributed by atoms with Crippen molar-refractivity contribution in [3.63, 3.8) is 0 Å². The second kappa shape index (κ2) is 9.19. The molecule has 0 bridgehead atoms. The van der Waals surface area contributed by atoms with Gasteiger partial charge in [-0.1, -0.05) is 51.4 Å². The molecule has 4 aliphatic rings. The molecule has 0 unspecified atom stereocenters. The van der Waals surface area contributed by atoms with Gasteiger partial charge < -0.3 is 0 Å². The summed E-state index contributed by atoms with van der Waals surface area (Å²) in [5, 5.41) is 0. The van der Waals surface area contributed by atoms with E-state index in [-0.39, 0.29) is 33.4 Å². The van der Waals surface area contributed by atoms with Gasteiger partial charge in [-0.25, -0.2) is 0 Å². The molecule has 29 heavy (non-hydrogen) atoms. The number of rotatable bonds is 4. The highest BCUT2D eigenvalue weighted by Gasteiger charge is 2.49. The fraction of sp³-hybridized carbons (Fsp3) is 0.920. The summed E-state index contributed by atoms with van der Waals surface area (Å²) >= 11 is 14.0. The summed E-state index contributed by atoms with van der Waals surface area (Å²) in [4.78, 5) is 26.2. The summed E-state index contributed by atoms with van der Waals surface area (Å²) in [6.45, 7) is 0. The molecule has 164 valence electrons. The van der Waals surface area contributed by atoms with Crippen LogP contribution in [0.2, 0.25) is 0 Å². The molecule has 0 aromatic rings. The highest BCUT2D eigenvalue weighted by molar-refractivity contribution is 6.26. The molecule has 0 heterocycles. The van der Waals surface area contributed by atoms with E-state index in [2.05, 4.69) is 0 Å². The first kappa shape index (κ1) is 22.1. The van der Waals surface area contributed by atoms with E-state index in [1.807, 2.05) is 0 Å². The van der Waals surface area contributed by atoms with Crippen molar-refractivity contribution < 1.29 is 9.59 Å². The van der Waals surface area contributed by atoms with Crippen molar-refractivity contribution in [2.24, 2.45) is 23.7 Å². The van der Waals surface area contributed by atoms with Crippen LogP contribution >= 0.6 is 23.2 Å². The van der Waals surface area contributed by atoms with Crippen LogP contribution in [0.1, 0.15) is 109 Å². The van der Waals surface area contributed by atoms with Crippen LogP contribution in [0.3, 0.4) is 0 Å². The standard InChI is InChI=1S/C25H38Cl2O2/c26-24(13-3-1-4-14-24)20-11-7-9-18(22(20)28)17-19-10-8-12-21(23(19)29)25(27)15-5-2-6-16-25/h18-21H,1-17H2/t18-,19+,20-,21-/m0/s1. The molecular formula is C25H38Cl2O2. The molecule has 0 aliphatic heterocycles. The Hall–Kier alpha value is -0.0800. The first-order valence-electron chi connectivity index (χ1n) is 12.4. The number of carbonyl (C=O) groups is 2. The molecule has 2 nitrogen and oxygen atoms in total. The van der Waals surface area contributed by atoms with E-state index in [0.29, 0.717) is 11.6 Å². The molecule has 0 saturated heterocycles. The molecule has 0 amide bonds. The van der Waals surface area contributed by atoms with Crippen molar-refractivity contribution in [2.45, 2.75) is 119 Å². The zero-order valence-electron chi connectivity index (χ0n) is 17.9. The SMILES string of the molecule is O=C1[C@@H](C[C@@H]2CCC[C@H](C3(Cl)CCCCC3)C2=O)CCC[C@@H]1C1(Cl)CCCCC1. The molecule has 4 saturated carbocycles. The molecule has 4 fully saturated rings. The predicted molar refractivity (Wildman–Crippen MR) is 120 cm³/mol. The fourth-order valence-corrected chi connectivity index (χ4v) is 8.06. The van der Waals surface area contributed by atoms with E-state index in [4.69, 9.17) is 23.2 Å². The molecule has 0 N–H and O–H groups in total. The van der Waals surface area contributed by atoms with Gasteiger partial charge in [-0.05, 0) is 57.8 Å². The summed E-state index contributed by atoms with van der Waals surface area (Å²) < 4.78 is 0. The molecule has 0 aromatic carbocycles. The lowest BCUT2D eigenvalue weighted by atomic mass is 9.64. The Labute approximate surface area is 186 Å². The van der Waals surface area contributed by atoms with Crippen LogP contribution in [0.25, 0.3) is 0 Å². The van der Waals surface area contributed by atoms with Gasteiger partial charge in [0.05, 0.1) is 9.75 Å².